The van der Waals surface area contributed by atoms with Gasteiger partial charge in [-0.2, -0.15) is 10.4 Å². The van der Waals surface area contributed by atoms with Crippen molar-refractivity contribution in [1.82, 2.24) is 9.78 Å². The molecule has 2 N–H and O–H groups in total. The van der Waals surface area contributed by atoms with E-state index in [1.54, 1.807) is 0 Å². The van der Waals surface area contributed by atoms with Crippen LogP contribution in [0.5, 0.6) is 0 Å². The molecule has 0 fully saturated rings. The summed E-state index contributed by atoms with van der Waals surface area (Å²) >= 11 is 0. The molecule has 0 aliphatic rings. The number of nitrogens with two attached hydrogens (primary N) is 1. The van der Waals surface area contributed by atoms with E-state index in [1.807, 2.05) is 35.9 Å². The number of aryl methyl sites for hydroxylation is 1. The average molecular weight is 254 g/mol. The molecule has 0 aliphatic carbocycles. The predicted octanol–water partition coefficient (Wildman–Crippen LogP) is 1.92. The summed E-state index contributed by atoms with van der Waals surface area (Å²) in [6.07, 6.45) is 0.866. The fraction of sp³-hybridized carbons (Fsp3) is 0.333. The lowest BCUT2D eigenvalue weighted by Gasteiger charge is -2.05. The van der Waals surface area contributed by atoms with Gasteiger partial charge in [0, 0.05) is 5.69 Å². The molecule has 4 nitrogen and oxygen atoms in total. The molecule has 0 saturated heterocycles. The van der Waals surface area contributed by atoms with Gasteiger partial charge in [-0.25, -0.2) is 0 Å². The largest absolute Gasteiger partial charge is 0.330 e. The number of hydrogen-bond donors (Lipinski definition) is 1. The van der Waals surface area contributed by atoms with Gasteiger partial charge in [0.2, 0.25) is 0 Å². The van der Waals surface area contributed by atoms with Gasteiger partial charge in [-0.05, 0) is 50.1 Å². The highest BCUT2D eigenvalue weighted by molar-refractivity contribution is 5.32. The van der Waals surface area contributed by atoms with E-state index in [2.05, 4.69) is 18.1 Å². The summed E-state index contributed by atoms with van der Waals surface area (Å²) in [6, 6.07) is 9.73. The van der Waals surface area contributed by atoms with Gasteiger partial charge in [0.25, 0.3) is 0 Å². The van der Waals surface area contributed by atoms with E-state index in [1.165, 1.54) is 11.3 Å². The van der Waals surface area contributed by atoms with Crippen molar-refractivity contribution in [1.29, 1.82) is 5.26 Å². The van der Waals surface area contributed by atoms with E-state index in [0.717, 1.165) is 24.2 Å². The zero-order valence-electron chi connectivity index (χ0n) is 11.3. The average Bonchev–Trinajstić information content (AvgIpc) is 2.68. The smallest absolute Gasteiger partial charge is 0.0991 e. The highest BCUT2D eigenvalue weighted by Gasteiger charge is 2.10. The van der Waals surface area contributed by atoms with Gasteiger partial charge in [0.05, 0.1) is 23.9 Å². The minimum atomic E-state index is 0.643. The van der Waals surface area contributed by atoms with Crippen LogP contribution in [0.25, 0.3) is 0 Å². The second-order valence-corrected chi connectivity index (χ2v) is 4.65. The quantitative estimate of drug-likeness (QED) is 0.906. The monoisotopic (exact) mass is 254 g/mol. The molecule has 0 atom stereocenters. The highest BCUT2D eigenvalue weighted by Crippen LogP contribution is 2.15. The van der Waals surface area contributed by atoms with Crippen molar-refractivity contribution in [3.05, 3.63) is 52.3 Å². The Morgan fingerprint density at radius 1 is 1.26 bits per heavy atom. The lowest BCUT2D eigenvalue weighted by Crippen LogP contribution is -2.06. The molecule has 98 valence electrons. The number of benzene rings is 1. The number of nitriles is 1. The third kappa shape index (κ3) is 2.83. The van der Waals surface area contributed by atoms with Gasteiger partial charge in [-0.15, -0.1) is 0 Å². The molecule has 0 spiro atoms. The third-order valence-corrected chi connectivity index (χ3v) is 3.34. The summed E-state index contributed by atoms with van der Waals surface area (Å²) in [7, 11) is 0. The molecule has 19 heavy (non-hydrogen) atoms. The summed E-state index contributed by atoms with van der Waals surface area (Å²) in [5.74, 6) is 0. The molecule has 1 heterocycles. The first-order chi connectivity index (χ1) is 9.15. The van der Waals surface area contributed by atoms with E-state index < -0.39 is 0 Å². The third-order valence-electron chi connectivity index (χ3n) is 3.34. The van der Waals surface area contributed by atoms with E-state index in [0.29, 0.717) is 12.1 Å². The molecule has 0 saturated carbocycles. The van der Waals surface area contributed by atoms with Crippen molar-refractivity contribution in [2.45, 2.75) is 26.8 Å². The van der Waals surface area contributed by atoms with Crippen LogP contribution in [0.3, 0.4) is 0 Å². The number of nitrogens with zero attached hydrogens (tertiary/aromatic N) is 3. The first-order valence-electron chi connectivity index (χ1n) is 6.37. The normalized spacial score (nSPS) is 10.4. The molecular formula is C15H18N4. The first-order valence-corrected chi connectivity index (χ1v) is 6.37. The summed E-state index contributed by atoms with van der Waals surface area (Å²) in [5.41, 5.74) is 10.9. The molecule has 4 heteroatoms. The van der Waals surface area contributed by atoms with Crippen molar-refractivity contribution in [2.75, 3.05) is 6.54 Å². The lowest BCUT2D eigenvalue weighted by molar-refractivity contribution is 0.658. The molecule has 0 aliphatic heterocycles. The fourth-order valence-corrected chi connectivity index (χ4v) is 2.25. The van der Waals surface area contributed by atoms with Crippen LogP contribution in [0.2, 0.25) is 0 Å². The molecule has 2 rings (SSSR count). The highest BCUT2D eigenvalue weighted by atomic mass is 15.3. The second-order valence-electron chi connectivity index (χ2n) is 4.65. The fourth-order valence-electron chi connectivity index (χ4n) is 2.25. The Hall–Kier alpha value is -2.12. The predicted molar refractivity (Wildman–Crippen MR) is 74.7 cm³/mol. The first kappa shape index (κ1) is 13.3. The molecular weight excluding hydrogens is 236 g/mol. The van der Waals surface area contributed by atoms with Crippen LogP contribution in [0, 0.1) is 25.2 Å². The Kier molecular flexibility index (Phi) is 3.98. The Morgan fingerprint density at radius 3 is 2.53 bits per heavy atom. The van der Waals surface area contributed by atoms with Crippen LogP contribution in [0.1, 0.15) is 28.1 Å². The number of rotatable bonds is 4. The van der Waals surface area contributed by atoms with Crippen LogP contribution in [0.4, 0.5) is 0 Å². The van der Waals surface area contributed by atoms with Gasteiger partial charge in [-0.1, -0.05) is 12.1 Å². The number of aromatic nitrogens is 2. The van der Waals surface area contributed by atoms with Crippen LogP contribution in [-0.4, -0.2) is 16.3 Å². The van der Waals surface area contributed by atoms with E-state index >= 15 is 0 Å². The molecule has 0 amide bonds. The van der Waals surface area contributed by atoms with Crippen molar-refractivity contribution in [3.8, 4) is 6.07 Å². The summed E-state index contributed by atoms with van der Waals surface area (Å²) < 4.78 is 2.00. The molecule has 1 aromatic heterocycles. The molecule has 0 radical (unpaired) electrons. The van der Waals surface area contributed by atoms with Crippen molar-refractivity contribution >= 4 is 0 Å². The zero-order valence-corrected chi connectivity index (χ0v) is 11.3. The second kappa shape index (κ2) is 5.68. The van der Waals surface area contributed by atoms with Crippen molar-refractivity contribution in [3.63, 3.8) is 0 Å². The maximum absolute atomic E-state index is 8.78. The lowest BCUT2D eigenvalue weighted by atomic mass is 10.1. The molecule has 1 aromatic carbocycles. The summed E-state index contributed by atoms with van der Waals surface area (Å²) in [5, 5.41) is 13.3. The van der Waals surface area contributed by atoms with Crippen LogP contribution < -0.4 is 5.73 Å². The van der Waals surface area contributed by atoms with Gasteiger partial charge in [0.1, 0.15) is 0 Å². The Balaban J connectivity index is 2.23. The van der Waals surface area contributed by atoms with Crippen LogP contribution in [-0.2, 0) is 13.0 Å². The Bertz CT molecular complexity index is 602. The molecule has 2 aromatic rings. The standard InChI is InChI=1S/C15H18N4/c1-11-15(7-8-16)12(2)19(18-11)10-14-5-3-13(9-17)4-6-14/h3-6H,7-8,10,16H2,1-2H3. The SMILES string of the molecule is Cc1nn(Cc2ccc(C#N)cc2)c(C)c1CCN. The van der Waals surface area contributed by atoms with Gasteiger partial charge in [0.15, 0.2) is 0 Å². The maximum Gasteiger partial charge on any atom is 0.0991 e. The van der Waals surface area contributed by atoms with E-state index in [9.17, 15) is 0 Å². The Morgan fingerprint density at radius 2 is 1.95 bits per heavy atom. The zero-order chi connectivity index (χ0) is 13.8. The van der Waals surface area contributed by atoms with Gasteiger partial charge < -0.3 is 5.73 Å². The minimum absolute atomic E-state index is 0.643. The van der Waals surface area contributed by atoms with E-state index in [4.69, 9.17) is 11.0 Å². The molecule has 0 bridgehead atoms. The summed E-state index contributed by atoms with van der Waals surface area (Å²) in [4.78, 5) is 0. The van der Waals surface area contributed by atoms with Crippen LogP contribution in [0.15, 0.2) is 24.3 Å². The number of hydrogen-bond acceptors (Lipinski definition) is 3. The van der Waals surface area contributed by atoms with Crippen molar-refractivity contribution < 1.29 is 0 Å². The van der Waals surface area contributed by atoms with Gasteiger partial charge in [-0.3, -0.25) is 4.68 Å². The van der Waals surface area contributed by atoms with Crippen molar-refractivity contribution in [2.24, 2.45) is 5.73 Å². The maximum atomic E-state index is 8.78. The van der Waals surface area contributed by atoms with E-state index in [-0.39, 0.29) is 0 Å². The van der Waals surface area contributed by atoms with Gasteiger partial charge >= 0.3 is 0 Å². The van der Waals surface area contributed by atoms with Crippen LogP contribution >= 0.6 is 0 Å². The minimum Gasteiger partial charge on any atom is -0.330 e. The molecule has 0 unspecified atom stereocenters. The summed E-state index contributed by atoms with van der Waals surface area (Å²) in [6.45, 7) is 5.47. The Labute approximate surface area is 113 Å². The topological polar surface area (TPSA) is 67.6 Å².